The third kappa shape index (κ3) is 2.13. The Bertz CT molecular complexity index is 178. The fraction of sp³-hybridized carbons (Fsp3) is 1.00. The molecule has 0 aromatic heterocycles. The molecular weight excluding hydrogens is 172 g/mol. The van der Waals surface area contributed by atoms with Crippen molar-refractivity contribution in [2.45, 2.75) is 60.2 Å². The Kier molecular flexibility index (Phi) is 4.00. The van der Waals surface area contributed by atoms with Crippen LogP contribution in [-0.2, 0) is 4.74 Å². The van der Waals surface area contributed by atoms with E-state index in [2.05, 4.69) is 41.5 Å². The van der Waals surface area contributed by atoms with Gasteiger partial charge in [0.1, 0.15) is 0 Å². The standard InChI is InChI=1S/C13H26O/c1-7-8(2)13-11(5)9(3)10(4)12(6)14-13/h8-13H,7H2,1-6H3/t8-,9+,10?,11-,12?,13?/m0/s1. The van der Waals surface area contributed by atoms with Gasteiger partial charge in [-0.05, 0) is 30.6 Å². The SMILES string of the molecule is CC[C@H](C)C1OC(C)C(C)[C@@H](C)[C@@H]1C. The monoisotopic (exact) mass is 198 g/mol. The van der Waals surface area contributed by atoms with Crippen LogP contribution in [0, 0.1) is 23.7 Å². The topological polar surface area (TPSA) is 9.23 Å². The summed E-state index contributed by atoms with van der Waals surface area (Å²) in [4.78, 5) is 0. The van der Waals surface area contributed by atoms with Crippen LogP contribution in [0.2, 0.25) is 0 Å². The van der Waals surface area contributed by atoms with Gasteiger partial charge >= 0.3 is 0 Å². The highest BCUT2D eigenvalue weighted by Crippen LogP contribution is 2.38. The molecule has 0 amide bonds. The van der Waals surface area contributed by atoms with Gasteiger partial charge in [0.15, 0.2) is 0 Å². The van der Waals surface area contributed by atoms with Crippen LogP contribution in [0.5, 0.6) is 0 Å². The molecule has 0 spiro atoms. The van der Waals surface area contributed by atoms with Crippen molar-refractivity contribution in [2.24, 2.45) is 23.7 Å². The van der Waals surface area contributed by atoms with Crippen molar-refractivity contribution in [1.29, 1.82) is 0 Å². The molecule has 0 aromatic carbocycles. The van der Waals surface area contributed by atoms with E-state index in [1.807, 2.05) is 0 Å². The fourth-order valence-corrected chi connectivity index (χ4v) is 2.59. The highest BCUT2D eigenvalue weighted by Gasteiger charge is 2.38. The molecule has 1 heterocycles. The molecule has 0 bridgehead atoms. The molecule has 0 N–H and O–H groups in total. The van der Waals surface area contributed by atoms with Crippen LogP contribution in [0.25, 0.3) is 0 Å². The first-order valence-corrected chi connectivity index (χ1v) is 6.14. The molecule has 0 saturated carbocycles. The zero-order valence-electron chi connectivity index (χ0n) is 10.6. The second kappa shape index (κ2) is 4.65. The maximum absolute atomic E-state index is 6.13. The summed E-state index contributed by atoms with van der Waals surface area (Å²) in [6.07, 6.45) is 2.13. The molecule has 1 rings (SSSR count). The lowest BCUT2D eigenvalue weighted by Crippen LogP contribution is -2.46. The van der Waals surface area contributed by atoms with E-state index in [-0.39, 0.29) is 0 Å². The minimum Gasteiger partial charge on any atom is -0.374 e. The van der Waals surface area contributed by atoms with Gasteiger partial charge in [-0.2, -0.15) is 0 Å². The van der Waals surface area contributed by atoms with Crippen molar-refractivity contribution in [2.75, 3.05) is 0 Å². The first-order valence-electron chi connectivity index (χ1n) is 6.14. The first kappa shape index (κ1) is 12.0. The van der Waals surface area contributed by atoms with Gasteiger partial charge in [0.05, 0.1) is 12.2 Å². The van der Waals surface area contributed by atoms with Crippen molar-refractivity contribution in [3.8, 4) is 0 Å². The largest absolute Gasteiger partial charge is 0.374 e. The van der Waals surface area contributed by atoms with E-state index < -0.39 is 0 Å². The van der Waals surface area contributed by atoms with Crippen LogP contribution >= 0.6 is 0 Å². The van der Waals surface area contributed by atoms with Crippen molar-refractivity contribution < 1.29 is 4.74 Å². The normalized spacial score (nSPS) is 46.3. The third-order valence-corrected chi connectivity index (χ3v) is 4.49. The lowest BCUT2D eigenvalue weighted by Gasteiger charge is -2.44. The van der Waals surface area contributed by atoms with E-state index in [9.17, 15) is 0 Å². The smallest absolute Gasteiger partial charge is 0.0632 e. The molecule has 1 aliphatic rings. The highest BCUT2D eigenvalue weighted by atomic mass is 16.5. The van der Waals surface area contributed by atoms with Crippen LogP contribution in [0.1, 0.15) is 48.0 Å². The highest BCUT2D eigenvalue weighted by molar-refractivity contribution is 4.86. The Balaban J connectivity index is 2.70. The Hall–Kier alpha value is -0.0400. The van der Waals surface area contributed by atoms with E-state index in [4.69, 9.17) is 4.74 Å². The molecule has 1 aliphatic heterocycles. The summed E-state index contributed by atoms with van der Waals surface area (Å²) in [7, 11) is 0. The Morgan fingerprint density at radius 3 is 2.07 bits per heavy atom. The first-order chi connectivity index (χ1) is 6.49. The second-order valence-corrected chi connectivity index (χ2v) is 5.27. The Morgan fingerprint density at radius 2 is 1.57 bits per heavy atom. The Morgan fingerprint density at radius 1 is 1.00 bits per heavy atom. The van der Waals surface area contributed by atoms with Gasteiger partial charge in [-0.1, -0.05) is 41.0 Å². The van der Waals surface area contributed by atoms with Crippen LogP contribution in [0.4, 0.5) is 0 Å². The van der Waals surface area contributed by atoms with Crippen LogP contribution in [-0.4, -0.2) is 12.2 Å². The molecule has 1 saturated heterocycles. The summed E-state index contributed by atoms with van der Waals surface area (Å²) in [6, 6.07) is 0. The number of hydrogen-bond donors (Lipinski definition) is 0. The zero-order valence-corrected chi connectivity index (χ0v) is 10.6. The van der Waals surface area contributed by atoms with E-state index in [1.165, 1.54) is 6.42 Å². The molecule has 84 valence electrons. The molecule has 14 heavy (non-hydrogen) atoms. The van der Waals surface area contributed by atoms with Crippen molar-refractivity contribution in [1.82, 2.24) is 0 Å². The van der Waals surface area contributed by atoms with Crippen molar-refractivity contribution >= 4 is 0 Å². The zero-order chi connectivity index (χ0) is 10.9. The van der Waals surface area contributed by atoms with Gasteiger partial charge in [0.25, 0.3) is 0 Å². The summed E-state index contributed by atoms with van der Waals surface area (Å²) in [5.41, 5.74) is 0. The van der Waals surface area contributed by atoms with E-state index in [0.717, 1.165) is 5.92 Å². The fourth-order valence-electron chi connectivity index (χ4n) is 2.59. The second-order valence-electron chi connectivity index (χ2n) is 5.27. The summed E-state index contributed by atoms with van der Waals surface area (Å²) in [5.74, 6) is 2.89. The predicted molar refractivity (Wildman–Crippen MR) is 61.3 cm³/mol. The van der Waals surface area contributed by atoms with E-state index in [1.54, 1.807) is 0 Å². The van der Waals surface area contributed by atoms with Gasteiger partial charge in [-0.3, -0.25) is 0 Å². The molecule has 1 nitrogen and oxygen atoms in total. The molecule has 6 atom stereocenters. The molecule has 3 unspecified atom stereocenters. The molecule has 0 aromatic rings. The minimum absolute atomic E-state index is 0.431. The van der Waals surface area contributed by atoms with Crippen LogP contribution < -0.4 is 0 Å². The molecule has 1 heteroatoms. The number of hydrogen-bond acceptors (Lipinski definition) is 1. The van der Waals surface area contributed by atoms with Crippen LogP contribution in [0.15, 0.2) is 0 Å². The summed E-state index contributed by atoms with van der Waals surface area (Å²) in [6.45, 7) is 13.8. The van der Waals surface area contributed by atoms with Gasteiger partial charge in [0, 0.05) is 0 Å². The lowest BCUT2D eigenvalue weighted by molar-refractivity contribution is -0.144. The Labute approximate surface area is 89.2 Å². The third-order valence-electron chi connectivity index (χ3n) is 4.49. The van der Waals surface area contributed by atoms with Gasteiger partial charge in [-0.25, -0.2) is 0 Å². The number of rotatable bonds is 2. The molecular formula is C13H26O. The quantitative estimate of drug-likeness (QED) is 0.657. The summed E-state index contributed by atoms with van der Waals surface area (Å²) >= 11 is 0. The average Bonchev–Trinajstić information content (AvgIpc) is 2.19. The van der Waals surface area contributed by atoms with Crippen molar-refractivity contribution in [3.63, 3.8) is 0 Å². The average molecular weight is 198 g/mol. The van der Waals surface area contributed by atoms with Crippen LogP contribution in [0.3, 0.4) is 0 Å². The summed E-state index contributed by atoms with van der Waals surface area (Å²) in [5, 5.41) is 0. The molecule has 1 fully saturated rings. The summed E-state index contributed by atoms with van der Waals surface area (Å²) < 4.78 is 6.13. The molecule has 0 radical (unpaired) electrons. The molecule has 0 aliphatic carbocycles. The lowest BCUT2D eigenvalue weighted by atomic mass is 9.73. The number of ether oxygens (including phenoxy) is 1. The van der Waals surface area contributed by atoms with Gasteiger partial charge in [0.2, 0.25) is 0 Å². The predicted octanol–water partition coefficient (Wildman–Crippen LogP) is 3.73. The van der Waals surface area contributed by atoms with E-state index >= 15 is 0 Å². The van der Waals surface area contributed by atoms with Gasteiger partial charge in [-0.15, -0.1) is 0 Å². The minimum atomic E-state index is 0.431. The maximum atomic E-state index is 6.13. The van der Waals surface area contributed by atoms with Gasteiger partial charge < -0.3 is 4.74 Å². The van der Waals surface area contributed by atoms with Crippen molar-refractivity contribution in [3.05, 3.63) is 0 Å². The van der Waals surface area contributed by atoms with E-state index in [0.29, 0.717) is 30.0 Å². The maximum Gasteiger partial charge on any atom is 0.0632 e.